The minimum atomic E-state index is -0.517. The standard InChI is InChI=1S/C22H33N3O2S/c1-16(2)15-19(22(3,4)20(26)24-21-23-9-14-28-21)17-5-7-18(8-6-17)25-10-12-27-13-11-25/h5-8,16,19H,9-15H2,1-4H3,(H,23,24,26). The second-order valence-corrected chi connectivity index (χ2v) is 9.67. The van der Waals surface area contributed by atoms with E-state index in [0.29, 0.717) is 5.92 Å². The molecule has 1 aromatic rings. The van der Waals surface area contributed by atoms with E-state index in [1.54, 1.807) is 11.8 Å². The Morgan fingerprint density at radius 2 is 1.93 bits per heavy atom. The summed E-state index contributed by atoms with van der Waals surface area (Å²) in [5.41, 5.74) is 1.94. The van der Waals surface area contributed by atoms with Crippen LogP contribution in [0.1, 0.15) is 45.6 Å². The van der Waals surface area contributed by atoms with Gasteiger partial charge < -0.3 is 15.0 Å². The zero-order valence-corrected chi connectivity index (χ0v) is 18.3. The molecule has 5 nitrogen and oxygen atoms in total. The van der Waals surface area contributed by atoms with Crippen LogP contribution in [0.25, 0.3) is 0 Å². The summed E-state index contributed by atoms with van der Waals surface area (Å²) in [6.07, 6.45) is 0.969. The first-order valence-corrected chi connectivity index (χ1v) is 11.3. The molecule has 0 bridgehead atoms. The summed E-state index contributed by atoms with van der Waals surface area (Å²) in [7, 11) is 0. The number of nitrogens with one attached hydrogen (secondary N) is 1. The number of benzene rings is 1. The number of morpholine rings is 1. The first-order chi connectivity index (χ1) is 13.4. The average Bonchev–Trinajstić information content (AvgIpc) is 3.20. The zero-order chi connectivity index (χ0) is 20.1. The van der Waals surface area contributed by atoms with Crippen LogP contribution in [0.2, 0.25) is 0 Å². The summed E-state index contributed by atoms with van der Waals surface area (Å²) < 4.78 is 5.45. The fourth-order valence-corrected chi connectivity index (χ4v) is 4.61. The van der Waals surface area contributed by atoms with Crippen molar-refractivity contribution >= 4 is 28.5 Å². The van der Waals surface area contributed by atoms with Crippen LogP contribution in [-0.2, 0) is 9.53 Å². The molecule has 2 aliphatic heterocycles. The van der Waals surface area contributed by atoms with Crippen LogP contribution in [0.4, 0.5) is 5.69 Å². The Labute approximate surface area is 173 Å². The van der Waals surface area contributed by atoms with Crippen LogP contribution in [-0.4, -0.2) is 49.7 Å². The third kappa shape index (κ3) is 5.09. The Balaban J connectivity index is 1.78. The number of rotatable bonds is 6. The predicted octanol–water partition coefficient (Wildman–Crippen LogP) is 3.90. The zero-order valence-electron chi connectivity index (χ0n) is 17.5. The molecule has 0 aliphatic carbocycles. The van der Waals surface area contributed by atoms with Crippen LogP contribution in [0, 0.1) is 11.3 Å². The van der Waals surface area contributed by atoms with Crippen molar-refractivity contribution in [1.29, 1.82) is 0 Å². The maximum absolute atomic E-state index is 13.1. The number of amidine groups is 1. The Hall–Kier alpha value is -1.53. The average molecular weight is 404 g/mol. The smallest absolute Gasteiger partial charge is 0.232 e. The van der Waals surface area contributed by atoms with Gasteiger partial charge in [-0.25, -0.2) is 0 Å². The predicted molar refractivity (Wildman–Crippen MR) is 118 cm³/mol. The fraction of sp³-hybridized carbons (Fsp3) is 0.636. The Morgan fingerprint density at radius 1 is 1.25 bits per heavy atom. The van der Waals surface area contributed by atoms with Gasteiger partial charge in [-0.05, 0) is 36.0 Å². The summed E-state index contributed by atoms with van der Waals surface area (Å²) >= 11 is 1.63. The third-order valence-corrected chi connectivity index (χ3v) is 6.53. The molecule has 1 amide bonds. The monoisotopic (exact) mass is 403 g/mol. The van der Waals surface area contributed by atoms with Gasteiger partial charge in [0.1, 0.15) is 0 Å². The van der Waals surface area contributed by atoms with E-state index in [2.05, 4.69) is 67.2 Å². The van der Waals surface area contributed by atoms with Gasteiger partial charge in [-0.15, -0.1) is 0 Å². The number of hydrogen-bond acceptors (Lipinski definition) is 5. The number of thioether (sulfide) groups is 1. The molecule has 28 heavy (non-hydrogen) atoms. The van der Waals surface area contributed by atoms with Crippen molar-refractivity contribution in [2.24, 2.45) is 16.3 Å². The molecule has 1 unspecified atom stereocenters. The van der Waals surface area contributed by atoms with Gasteiger partial charge in [0, 0.05) is 24.5 Å². The molecule has 0 saturated carbocycles. The number of anilines is 1. The second kappa shape index (κ2) is 9.31. The van der Waals surface area contributed by atoms with Gasteiger partial charge in [0.05, 0.1) is 25.2 Å². The molecule has 6 heteroatoms. The summed E-state index contributed by atoms with van der Waals surface area (Å²) in [4.78, 5) is 19.8. The summed E-state index contributed by atoms with van der Waals surface area (Å²) in [5, 5.41) is 3.83. The third-order valence-electron chi connectivity index (χ3n) is 5.64. The molecule has 0 spiro atoms. The molecule has 1 aromatic carbocycles. The molecule has 154 valence electrons. The number of ether oxygens (including phenoxy) is 1. The highest BCUT2D eigenvalue weighted by atomic mass is 32.2. The van der Waals surface area contributed by atoms with Gasteiger partial charge in [-0.3, -0.25) is 9.79 Å². The molecular weight excluding hydrogens is 370 g/mol. The second-order valence-electron chi connectivity index (χ2n) is 8.58. The number of carbonyl (C=O) groups excluding carboxylic acids is 1. The van der Waals surface area contributed by atoms with E-state index in [1.807, 2.05) is 0 Å². The minimum absolute atomic E-state index is 0.0588. The van der Waals surface area contributed by atoms with Crippen molar-refractivity contribution in [3.8, 4) is 0 Å². The van der Waals surface area contributed by atoms with E-state index in [0.717, 1.165) is 50.2 Å². The number of amides is 1. The Morgan fingerprint density at radius 3 is 2.50 bits per heavy atom. The molecule has 2 aliphatic rings. The van der Waals surface area contributed by atoms with Gasteiger partial charge >= 0.3 is 0 Å². The lowest BCUT2D eigenvalue weighted by Gasteiger charge is -2.35. The molecule has 1 saturated heterocycles. The van der Waals surface area contributed by atoms with E-state index in [4.69, 9.17) is 4.74 Å². The van der Waals surface area contributed by atoms with E-state index in [9.17, 15) is 4.79 Å². The normalized spacial score (nSPS) is 18.9. The molecule has 1 atom stereocenters. The molecule has 0 aromatic heterocycles. The van der Waals surface area contributed by atoms with Crippen LogP contribution in [0.5, 0.6) is 0 Å². The van der Waals surface area contributed by atoms with Crippen LogP contribution in [0.3, 0.4) is 0 Å². The first-order valence-electron chi connectivity index (χ1n) is 10.3. The molecule has 3 rings (SSSR count). The summed E-state index contributed by atoms with van der Waals surface area (Å²) in [6.45, 7) is 12.8. The number of hydrogen-bond donors (Lipinski definition) is 1. The van der Waals surface area contributed by atoms with E-state index < -0.39 is 5.41 Å². The van der Waals surface area contributed by atoms with Gasteiger partial charge in [-0.1, -0.05) is 51.6 Å². The van der Waals surface area contributed by atoms with E-state index >= 15 is 0 Å². The quantitative estimate of drug-likeness (QED) is 0.783. The van der Waals surface area contributed by atoms with Crippen molar-refractivity contribution in [2.75, 3.05) is 43.5 Å². The number of aliphatic imine (C=N–C) groups is 1. The van der Waals surface area contributed by atoms with Crippen LogP contribution in [0.15, 0.2) is 29.3 Å². The maximum atomic E-state index is 13.1. The van der Waals surface area contributed by atoms with Crippen LogP contribution >= 0.6 is 11.8 Å². The molecule has 0 radical (unpaired) electrons. The lowest BCUT2D eigenvalue weighted by Crippen LogP contribution is -2.43. The largest absolute Gasteiger partial charge is 0.378 e. The van der Waals surface area contributed by atoms with Crippen LogP contribution < -0.4 is 10.2 Å². The van der Waals surface area contributed by atoms with Gasteiger partial charge in [0.15, 0.2) is 5.17 Å². The molecule has 1 fully saturated rings. The Bertz CT molecular complexity index is 694. The SMILES string of the molecule is CC(C)CC(c1ccc(N2CCOCC2)cc1)C(C)(C)C(=O)NC1=NCCS1. The van der Waals surface area contributed by atoms with Gasteiger partial charge in [0.2, 0.25) is 5.91 Å². The van der Waals surface area contributed by atoms with Crippen molar-refractivity contribution in [3.05, 3.63) is 29.8 Å². The minimum Gasteiger partial charge on any atom is -0.378 e. The van der Waals surface area contributed by atoms with Gasteiger partial charge in [0.25, 0.3) is 0 Å². The van der Waals surface area contributed by atoms with Crippen molar-refractivity contribution in [3.63, 3.8) is 0 Å². The van der Waals surface area contributed by atoms with Crippen molar-refractivity contribution in [1.82, 2.24) is 5.32 Å². The molecule has 2 heterocycles. The fourth-order valence-electron chi connectivity index (χ4n) is 3.88. The first kappa shape index (κ1) is 21.2. The number of nitrogens with zero attached hydrogens (tertiary/aromatic N) is 2. The maximum Gasteiger partial charge on any atom is 0.232 e. The van der Waals surface area contributed by atoms with E-state index in [-0.39, 0.29) is 11.8 Å². The van der Waals surface area contributed by atoms with Crippen molar-refractivity contribution < 1.29 is 9.53 Å². The lowest BCUT2D eigenvalue weighted by molar-refractivity contribution is -0.129. The van der Waals surface area contributed by atoms with Crippen molar-refractivity contribution in [2.45, 2.75) is 40.0 Å². The lowest BCUT2D eigenvalue weighted by atomic mass is 9.70. The summed E-state index contributed by atoms with van der Waals surface area (Å²) in [6, 6.07) is 8.79. The highest BCUT2D eigenvalue weighted by molar-refractivity contribution is 8.14. The summed E-state index contributed by atoms with van der Waals surface area (Å²) in [5.74, 6) is 1.67. The topological polar surface area (TPSA) is 53.9 Å². The Kier molecular flexibility index (Phi) is 7.05. The number of carbonyl (C=O) groups is 1. The highest BCUT2D eigenvalue weighted by Gasteiger charge is 2.38. The highest BCUT2D eigenvalue weighted by Crippen LogP contribution is 2.41. The molecule has 1 N–H and O–H groups in total. The van der Waals surface area contributed by atoms with E-state index in [1.165, 1.54) is 11.3 Å². The molecular formula is C22H33N3O2S. The van der Waals surface area contributed by atoms with Gasteiger partial charge in [-0.2, -0.15) is 0 Å².